The second-order valence-corrected chi connectivity index (χ2v) is 6.36. The third kappa shape index (κ3) is 2.89. The number of fused-ring (bicyclic) bond motifs is 1. The summed E-state index contributed by atoms with van der Waals surface area (Å²) in [5.41, 5.74) is 0.958. The van der Waals surface area contributed by atoms with E-state index in [9.17, 15) is 4.79 Å². The Morgan fingerprint density at radius 2 is 2.29 bits per heavy atom. The topological polar surface area (TPSA) is 58.8 Å². The molecule has 6 heteroatoms. The highest BCUT2D eigenvalue weighted by molar-refractivity contribution is 5.78. The summed E-state index contributed by atoms with van der Waals surface area (Å²) < 4.78 is 11.2. The number of oxazole rings is 1. The van der Waals surface area contributed by atoms with Crippen LogP contribution in [0.3, 0.4) is 0 Å². The normalized spacial score (nSPS) is 21.1. The van der Waals surface area contributed by atoms with Crippen molar-refractivity contribution in [3.8, 4) is 17.1 Å². The minimum atomic E-state index is 0.302. The van der Waals surface area contributed by atoms with Gasteiger partial charge in [0.2, 0.25) is 11.8 Å². The smallest absolute Gasteiger partial charge is 0.222 e. The van der Waals surface area contributed by atoms with Gasteiger partial charge in [0, 0.05) is 37.7 Å². The molecule has 1 aromatic carbocycles. The van der Waals surface area contributed by atoms with Crippen LogP contribution >= 0.6 is 0 Å². The van der Waals surface area contributed by atoms with E-state index in [0.29, 0.717) is 30.8 Å². The summed E-state index contributed by atoms with van der Waals surface area (Å²) in [6, 6.07) is 8.12. The number of nitrogens with zero attached hydrogens (tertiary/aromatic N) is 3. The summed E-state index contributed by atoms with van der Waals surface area (Å²) >= 11 is 0. The first-order valence-electron chi connectivity index (χ1n) is 8.34. The number of amides is 1. The highest BCUT2D eigenvalue weighted by Gasteiger charge is 2.35. The highest BCUT2D eigenvalue weighted by Crippen LogP contribution is 2.26. The van der Waals surface area contributed by atoms with Gasteiger partial charge in [-0.1, -0.05) is 12.1 Å². The first kappa shape index (κ1) is 15.2. The van der Waals surface area contributed by atoms with E-state index in [1.807, 2.05) is 29.2 Å². The molecule has 4 rings (SSSR count). The molecule has 0 radical (unpaired) electrons. The van der Waals surface area contributed by atoms with E-state index in [2.05, 4.69) is 9.88 Å². The third-order valence-electron chi connectivity index (χ3n) is 4.85. The Balaban J connectivity index is 1.43. The van der Waals surface area contributed by atoms with E-state index < -0.39 is 0 Å². The van der Waals surface area contributed by atoms with Gasteiger partial charge >= 0.3 is 0 Å². The largest absolute Gasteiger partial charge is 0.497 e. The maximum atomic E-state index is 11.8. The number of piperazine rings is 1. The number of benzene rings is 1. The molecule has 2 fully saturated rings. The zero-order valence-electron chi connectivity index (χ0n) is 13.8. The zero-order chi connectivity index (χ0) is 16.5. The Morgan fingerprint density at radius 1 is 1.38 bits per heavy atom. The molecule has 0 aliphatic carbocycles. The quantitative estimate of drug-likeness (QED) is 0.861. The number of carbonyl (C=O) groups excluding carboxylic acids is 1. The Morgan fingerprint density at radius 3 is 3.17 bits per heavy atom. The van der Waals surface area contributed by atoms with Gasteiger partial charge in [-0.3, -0.25) is 9.69 Å². The van der Waals surface area contributed by atoms with Crippen molar-refractivity contribution in [2.45, 2.75) is 25.4 Å². The molecule has 1 aromatic heterocycles. The van der Waals surface area contributed by atoms with Gasteiger partial charge in [-0.05, 0) is 18.6 Å². The van der Waals surface area contributed by atoms with Crippen molar-refractivity contribution in [3.05, 3.63) is 36.4 Å². The van der Waals surface area contributed by atoms with Crippen LogP contribution in [0.2, 0.25) is 0 Å². The van der Waals surface area contributed by atoms with E-state index in [1.54, 1.807) is 13.3 Å². The van der Waals surface area contributed by atoms with Crippen molar-refractivity contribution in [2.24, 2.45) is 0 Å². The number of rotatable bonds is 4. The van der Waals surface area contributed by atoms with Crippen molar-refractivity contribution in [1.82, 2.24) is 14.8 Å². The van der Waals surface area contributed by atoms with Crippen LogP contribution < -0.4 is 4.74 Å². The molecule has 1 unspecified atom stereocenters. The van der Waals surface area contributed by atoms with Crippen LogP contribution in [0.4, 0.5) is 0 Å². The molecule has 6 nitrogen and oxygen atoms in total. The summed E-state index contributed by atoms with van der Waals surface area (Å²) in [4.78, 5) is 20.5. The summed E-state index contributed by atoms with van der Waals surface area (Å²) in [6.45, 7) is 3.27. The van der Waals surface area contributed by atoms with E-state index in [-0.39, 0.29) is 0 Å². The second-order valence-electron chi connectivity index (χ2n) is 6.36. The molecule has 1 amide bonds. The lowest BCUT2D eigenvalue weighted by Gasteiger charge is -2.36. The molecule has 24 heavy (non-hydrogen) atoms. The molecule has 0 bridgehead atoms. The van der Waals surface area contributed by atoms with Crippen molar-refractivity contribution in [1.29, 1.82) is 0 Å². The molecule has 2 aromatic rings. The highest BCUT2D eigenvalue weighted by atomic mass is 16.5. The van der Waals surface area contributed by atoms with Crippen LogP contribution in [0.1, 0.15) is 18.7 Å². The third-order valence-corrected chi connectivity index (χ3v) is 4.85. The molecule has 3 heterocycles. The van der Waals surface area contributed by atoms with Gasteiger partial charge in [0.25, 0.3) is 0 Å². The van der Waals surface area contributed by atoms with Gasteiger partial charge in [0.1, 0.15) is 5.75 Å². The predicted molar refractivity (Wildman–Crippen MR) is 88.5 cm³/mol. The minimum Gasteiger partial charge on any atom is -0.497 e. The van der Waals surface area contributed by atoms with Crippen LogP contribution in [0.5, 0.6) is 5.75 Å². The van der Waals surface area contributed by atoms with Crippen LogP contribution in [-0.2, 0) is 11.3 Å². The zero-order valence-corrected chi connectivity index (χ0v) is 13.8. The fourth-order valence-corrected chi connectivity index (χ4v) is 3.56. The fourth-order valence-electron chi connectivity index (χ4n) is 3.56. The second kappa shape index (κ2) is 6.28. The Hall–Kier alpha value is -2.34. The van der Waals surface area contributed by atoms with Gasteiger partial charge in [-0.25, -0.2) is 4.98 Å². The molecule has 2 aliphatic rings. The van der Waals surface area contributed by atoms with Gasteiger partial charge in [-0.2, -0.15) is 0 Å². The van der Waals surface area contributed by atoms with Crippen molar-refractivity contribution < 1.29 is 13.9 Å². The standard InChI is InChI=1S/C18H21N3O3/c1-23-15-4-2-3-13(9-15)16-10-19-17(24-16)12-20-7-8-21-14(11-20)5-6-18(21)22/h2-4,9-10,14H,5-8,11-12H2,1H3. The molecule has 1 atom stereocenters. The van der Waals surface area contributed by atoms with E-state index >= 15 is 0 Å². The first-order valence-corrected chi connectivity index (χ1v) is 8.34. The SMILES string of the molecule is COc1cccc(-c2cnc(CN3CCN4C(=O)CCC4C3)o2)c1. The first-order chi connectivity index (χ1) is 11.7. The maximum absolute atomic E-state index is 11.8. The fraction of sp³-hybridized carbons (Fsp3) is 0.444. The lowest BCUT2D eigenvalue weighted by Crippen LogP contribution is -2.50. The van der Waals surface area contributed by atoms with E-state index in [1.165, 1.54) is 0 Å². The van der Waals surface area contributed by atoms with Gasteiger partial charge in [-0.15, -0.1) is 0 Å². The molecular weight excluding hydrogens is 306 g/mol. The van der Waals surface area contributed by atoms with Crippen molar-refractivity contribution in [3.63, 3.8) is 0 Å². The minimum absolute atomic E-state index is 0.302. The van der Waals surface area contributed by atoms with Crippen LogP contribution in [0.15, 0.2) is 34.9 Å². The van der Waals surface area contributed by atoms with Gasteiger partial charge in [0.15, 0.2) is 5.76 Å². The number of carbonyl (C=O) groups is 1. The van der Waals surface area contributed by atoms with Crippen molar-refractivity contribution >= 4 is 5.91 Å². The number of hydrogen-bond acceptors (Lipinski definition) is 5. The molecule has 2 aliphatic heterocycles. The lowest BCUT2D eigenvalue weighted by atomic mass is 10.1. The molecule has 0 N–H and O–H groups in total. The van der Waals surface area contributed by atoms with Crippen LogP contribution in [-0.4, -0.2) is 53.5 Å². The average Bonchev–Trinajstić information content (AvgIpc) is 3.22. The van der Waals surface area contributed by atoms with Crippen LogP contribution in [0.25, 0.3) is 11.3 Å². The van der Waals surface area contributed by atoms with Gasteiger partial charge in [0.05, 0.1) is 19.9 Å². The Labute approximate surface area is 141 Å². The van der Waals surface area contributed by atoms with Crippen LogP contribution in [0, 0.1) is 0 Å². The monoisotopic (exact) mass is 327 g/mol. The molecule has 126 valence electrons. The average molecular weight is 327 g/mol. The Kier molecular flexibility index (Phi) is 3.98. The summed E-state index contributed by atoms with van der Waals surface area (Å²) in [7, 11) is 1.65. The van der Waals surface area contributed by atoms with E-state index in [0.717, 1.165) is 43.1 Å². The number of aromatic nitrogens is 1. The molecular formula is C18H21N3O3. The number of methoxy groups -OCH3 is 1. The molecule has 0 spiro atoms. The molecule has 2 saturated heterocycles. The number of hydrogen-bond donors (Lipinski definition) is 0. The Bertz CT molecular complexity index is 743. The molecule has 0 saturated carbocycles. The number of ether oxygens (including phenoxy) is 1. The summed E-state index contributed by atoms with van der Waals surface area (Å²) in [5.74, 6) is 2.56. The summed E-state index contributed by atoms with van der Waals surface area (Å²) in [5, 5.41) is 0. The lowest BCUT2D eigenvalue weighted by molar-refractivity contribution is -0.130. The predicted octanol–water partition coefficient (Wildman–Crippen LogP) is 2.16. The van der Waals surface area contributed by atoms with Gasteiger partial charge < -0.3 is 14.1 Å². The van der Waals surface area contributed by atoms with Crippen molar-refractivity contribution in [2.75, 3.05) is 26.7 Å². The summed E-state index contributed by atoms with van der Waals surface area (Å²) in [6.07, 6.45) is 3.42. The maximum Gasteiger partial charge on any atom is 0.222 e. The van der Waals surface area contributed by atoms with E-state index in [4.69, 9.17) is 9.15 Å².